The standard InChI is InChI=1S/C16H27NO/c1-4-15(14-10-5-6-11-16(14)18)17-12-8-7-9-13(2)3/h5-6,10-11,13,15,17-18H,4,7-9,12H2,1-3H3. The largest absolute Gasteiger partial charge is 0.508 e. The van der Waals surface area contributed by atoms with Gasteiger partial charge in [0.25, 0.3) is 0 Å². The first-order valence-electron chi connectivity index (χ1n) is 7.16. The maximum absolute atomic E-state index is 9.85. The molecule has 2 nitrogen and oxygen atoms in total. The van der Waals surface area contributed by atoms with Crippen LogP contribution in [0.15, 0.2) is 24.3 Å². The molecule has 0 fully saturated rings. The number of unbranched alkanes of at least 4 members (excludes halogenated alkanes) is 1. The van der Waals surface area contributed by atoms with Gasteiger partial charge in [-0.1, -0.05) is 51.8 Å². The molecule has 2 heteroatoms. The van der Waals surface area contributed by atoms with Crippen LogP contribution in [0.3, 0.4) is 0 Å². The lowest BCUT2D eigenvalue weighted by atomic mass is 10.0. The number of phenols is 1. The lowest BCUT2D eigenvalue weighted by molar-refractivity contribution is 0.434. The highest BCUT2D eigenvalue weighted by Crippen LogP contribution is 2.25. The highest BCUT2D eigenvalue weighted by molar-refractivity contribution is 5.34. The molecule has 0 saturated carbocycles. The third-order valence-corrected chi connectivity index (χ3v) is 3.32. The normalized spacial score (nSPS) is 12.9. The van der Waals surface area contributed by atoms with Gasteiger partial charge in [0.1, 0.15) is 5.75 Å². The van der Waals surface area contributed by atoms with Gasteiger partial charge in [0.2, 0.25) is 0 Å². The van der Waals surface area contributed by atoms with E-state index in [0.29, 0.717) is 5.75 Å². The molecule has 0 aliphatic rings. The molecule has 1 rings (SSSR count). The first-order valence-corrected chi connectivity index (χ1v) is 7.16. The van der Waals surface area contributed by atoms with Crippen molar-refractivity contribution in [2.24, 2.45) is 5.92 Å². The molecule has 0 amide bonds. The number of aromatic hydroxyl groups is 1. The molecule has 0 spiro atoms. The molecule has 0 bridgehead atoms. The van der Waals surface area contributed by atoms with Crippen molar-refractivity contribution < 1.29 is 5.11 Å². The predicted molar refractivity (Wildman–Crippen MR) is 77.8 cm³/mol. The summed E-state index contributed by atoms with van der Waals surface area (Å²) >= 11 is 0. The van der Waals surface area contributed by atoms with Gasteiger partial charge >= 0.3 is 0 Å². The zero-order chi connectivity index (χ0) is 13.4. The summed E-state index contributed by atoms with van der Waals surface area (Å²) in [5.41, 5.74) is 1.02. The molecule has 0 saturated heterocycles. The van der Waals surface area contributed by atoms with Crippen molar-refractivity contribution in [2.45, 2.75) is 52.5 Å². The Morgan fingerprint density at radius 2 is 1.89 bits per heavy atom. The number of para-hydroxylation sites is 1. The lowest BCUT2D eigenvalue weighted by Gasteiger charge is -2.18. The van der Waals surface area contributed by atoms with Gasteiger partial charge in [0.05, 0.1) is 0 Å². The van der Waals surface area contributed by atoms with E-state index in [0.717, 1.165) is 24.4 Å². The maximum atomic E-state index is 9.85. The molecular weight excluding hydrogens is 222 g/mol. The average molecular weight is 249 g/mol. The summed E-state index contributed by atoms with van der Waals surface area (Å²) < 4.78 is 0. The second-order valence-corrected chi connectivity index (χ2v) is 5.36. The van der Waals surface area contributed by atoms with Gasteiger partial charge in [0.15, 0.2) is 0 Å². The minimum absolute atomic E-state index is 0.269. The van der Waals surface area contributed by atoms with E-state index >= 15 is 0 Å². The van der Waals surface area contributed by atoms with E-state index in [1.807, 2.05) is 18.2 Å². The monoisotopic (exact) mass is 249 g/mol. The quantitative estimate of drug-likeness (QED) is 0.675. The zero-order valence-electron chi connectivity index (χ0n) is 11.9. The minimum atomic E-state index is 0.269. The van der Waals surface area contributed by atoms with Gasteiger partial charge in [0, 0.05) is 11.6 Å². The minimum Gasteiger partial charge on any atom is -0.508 e. The van der Waals surface area contributed by atoms with Crippen LogP contribution in [-0.2, 0) is 0 Å². The van der Waals surface area contributed by atoms with Crippen LogP contribution in [0.25, 0.3) is 0 Å². The maximum Gasteiger partial charge on any atom is 0.120 e. The highest BCUT2D eigenvalue weighted by Gasteiger charge is 2.11. The third-order valence-electron chi connectivity index (χ3n) is 3.32. The van der Waals surface area contributed by atoms with Crippen molar-refractivity contribution in [2.75, 3.05) is 6.54 Å². The van der Waals surface area contributed by atoms with Gasteiger partial charge in [-0.05, 0) is 31.4 Å². The van der Waals surface area contributed by atoms with Crippen LogP contribution in [-0.4, -0.2) is 11.7 Å². The van der Waals surface area contributed by atoms with E-state index in [-0.39, 0.29) is 6.04 Å². The molecule has 0 aliphatic heterocycles. The summed E-state index contributed by atoms with van der Waals surface area (Å²) in [6, 6.07) is 7.89. The van der Waals surface area contributed by atoms with Crippen LogP contribution in [0.4, 0.5) is 0 Å². The van der Waals surface area contributed by atoms with Crippen molar-refractivity contribution in [1.82, 2.24) is 5.32 Å². The van der Waals surface area contributed by atoms with Crippen LogP contribution in [0.1, 0.15) is 58.1 Å². The van der Waals surface area contributed by atoms with E-state index in [1.54, 1.807) is 6.07 Å². The summed E-state index contributed by atoms with van der Waals surface area (Å²) in [6.45, 7) is 7.71. The first kappa shape index (κ1) is 15.0. The molecule has 0 heterocycles. The molecule has 0 aromatic heterocycles. The molecule has 1 aromatic carbocycles. The number of phenolic OH excluding ortho intramolecular Hbond substituents is 1. The summed E-state index contributed by atoms with van der Waals surface area (Å²) in [4.78, 5) is 0. The van der Waals surface area contributed by atoms with E-state index in [2.05, 4.69) is 26.1 Å². The summed E-state index contributed by atoms with van der Waals surface area (Å²) in [5, 5.41) is 13.4. The Labute approximate surface area is 111 Å². The van der Waals surface area contributed by atoms with E-state index in [1.165, 1.54) is 19.3 Å². The topological polar surface area (TPSA) is 32.3 Å². The smallest absolute Gasteiger partial charge is 0.120 e. The Morgan fingerprint density at radius 3 is 2.50 bits per heavy atom. The summed E-state index contributed by atoms with van der Waals surface area (Å²) in [7, 11) is 0. The lowest BCUT2D eigenvalue weighted by Crippen LogP contribution is -2.22. The molecule has 1 atom stereocenters. The Balaban J connectivity index is 2.36. The summed E-state index contributed by atoms with van der Waals surface area (Å²) in [6.07, 6.45) is 4.79. The van der Waals surface area contributed by atoms with Crippen molar-refractivity contribution in [3.63, 3.8) is 0 Å². The number of rotatable bonds is 8. The van der Waals surface area contributed by atoms with Crippen LogP contribution in [0.2, 0.25) is 0 Å². The van der Waals surface area contributed by atoms with E-state index in [4.69, 9.17) is 0 Å². The van der Waals surface area contributed by atoms with Gasteiger partial charge in [-0.15, -0.1) is 0 Å². The zero-order valence-corrected chi connectivity index (χ0v) is 11.9. The highest BCUT2D eigenvalue weighted by atomic mass is 16.3. The molecule has 1 unspecified atom stereocenters. The van der Waals surface area contributed by atoms with Crippen LogP contribution in [0.5, 0.6) is 5.75 Å². The predicted octanol–water partition coefficient (Wildman–Crippen LogP) is 4.26. The molecule has 1 aromatic rings. The van der Waals surface area contributed by atoms with Gasteiger partial charge in [-0.2, -0.15) is 0 Å². The van der Waals surface area contributed by atoms with Crippen molar-refractivity contribution >= 4 is 0 Å². The van der Waals surface area contributed by atoms with E-state index in [9.17, 15) is 5.11 Å². The van der Waals surface area contributed by atoms with Crippen LogP contribution >= 0.6 is 0 Å². The van der Waals surface area contributed by atoms with Gasteiger partial charge in [-0.25, -0.2) is 0 Å². The number of nitrogens with one attached hydrogen (secondary N) is 1. The Kier molecular flexibility index (Phi) is 6.81. The van der Waals surface area contributed by atoms with Crippen LogP contribution in [0, 0.1) is 5.92 Å². The SMILES string of the molecule is CCC(NCCCCC(C)C)c1ccccc1O. The molecule has 0 aliphatic carbocycles. The van der Waals surface area contributed by atoms with Crippen molar-refractivity contribution in [3.05, 3.63) is 29.8 Å². The average Bonchev–Trinajstić information content (AvgIpc) is 2.35. The number of benzene rings is 1. The second-order valence-electron chi connectivity index (χ2n) is 5.36. The second kappa shape index (κ2) is 8.15. The van der Waals surface area contributed by atoms with E-state index < -0.39 is 0 Å². The van der Waals surface area contributed by atoms with Crippen molar-refractivity contribution in [1.29, 1.82) is 0 Å². The number of hydrogen-bond acceptors (Lipinski definition) is 2. The Hall–Kier alpha value is -1.02. The Morgan fingerprint density at radius 1 is 1.17 bits per heavy atom. The molecular formula is C16H27NO. The fourth-order valence-electron chi connectivity index (χ4n) is 2.21. The Bertz CT molecular complexity index is 336. The molecule has 102 valence electrons. The van der Waals surface area contributed by atoms with Gasteiger partial charge in [-0.3, -0.25) is 0 Å². The van der Waals surface area contributed by atoms with Crippen molar-refractivity contribution in [3.8, 4) is 5.75 Å². The fraction of sp³-hybridized carbons (Fsp3) is 0.625. The molecule has 18 heavy (non-hydrogen) atoms. The fourth-order valence-corrected chi connectivity index (χ4v) is 2.21. The number of hydrogen-bond donors (Lipinski definition) is 2. The summed E-state index contributed by atoms with van der Waals surface area (Å²) in [5.74, 6) is 1.20. The third kappa shape index (κ3) is 5.09. The molecule has 2 N–H and O–H groups in total. The van der Waals surface area contributed by atoms with Gasteiger partial charge < -0.3 is 10.4 Å². The molecule has 0 radical (unpaired) electrons. The first-order chi connectivity index (χ1) is 8.65. The van der Waals surface area contributed by atoms with Crippen LogP contribution < -0.4 is 5.32 Å².